The fourth-order valence-electron chi connectivity index (χ4n) is 3.55. The molecular formula is C17H27N3OS. The zero-order valence-electron chi connectivity index (χ0n) is 13.6. The highest BCUT2D eigenvalue weighted by molar-refractivity contribution is 7.09. The Bertz CT molecular complexity index is 488. The summed E-state index contributed by atoms with van der Waals surface area (Å²) in [5.74, 6) is 0.729. The first kappa shape index (κ1) is 15.9. The van der Waals surface area contributed by atoms with E-state index in [2.05, 4.69) is 27.1 Å². The van der Waals surface area contributed by atoms with Crippen LogP contribution in [-0.2, 0) is 17.8 Å². The van der Waals surface area contributed by atoms with Crippen molar-refractivity contribution in [3.8, 4) is 0 Å². The third kappa shape index (κ3) is 3.87. The van der Waals surface area contributed by atoms with Crippen molar-refractivity contribution in [1.29, 1.82) is 0 Å². The zero-order chi connectivity index (χ0) is 15.4. The van der Waals surface area contributed by atoms with Gasteiger partial charge in [0.25, 0.3) is 0 Å². The molecule has 0 N–H and O–H groups in total. The van der Waals surface area contributed by atoms with Crippen LogP contribution in [0.5, 0.6) is 0 Å². The second-order valence-electron chi connectivity index (χ2n) is 6.52. The van der Waals surface area contributed by atoms with Gasteiger partial charge in [-0.05, 0) is 19.3 Å². The highest BCUT2D eigenvalue weighted by atomic mass is 32.1. The van der Waals surface area contributed by atoms with Gasteiger partial charge in [-0.2, -0.15) is 0 Å². The van der Waals surface area contributed by atoms with Crippen LogP contribution in [-0.4, -0.2) is 46.9 Å². The van der Waals surface area contributed by atoms with Crippen molar-refractivity contribution in [2.75, 3.05) is 26.2 Å². The number of nitrogens with zero attached hydrogens (tertiary/aromatic N) is 3. The summed E-state index contributed by atoms with van der Waals surface area (Å²) in [6.45, 7) is 6.83. The molecule has 0 spiro atoms. The average Bonchev–Trinajstić information content (AvgIpc) is 3.03. The molecule has 0 radical (unpaired) electrons. The molecule has 1 aliphatic heterocycles. The minimum atomic E-state index is 0.311. The molecule has 0 aromatic carbocycles. The molecule has 0 bridgehead atoms. The standard InChI is InChI=1S/C17H27N3OS/c1-2-16-18-15(13-22-16)12-19-8-10-20(11-9-19)17(21)14-6-4-3-5-7-14/h13-14H,2-12H2,1H3. The molecule has 22 heavy (non-hydrogen) atoms. The fraction of sp³-hybridized carbons (Fsp3) is 0.765. The molecule has 1 aromatic heterocycles. The van der Waals surface area contributed by atoms with E-state index >= 15 is 0 Å². The summed E-state index contributed by atoms with van der Waals surface area (Å²) in [5.41, 5.74) is 1.19. The van der Waals surface area contributed by atoms with Gasteiger partial charge in [-0.3, -0.25) is 9.69 Å². The van der Waals surface area contributed by atoms with Gasteiger partial charge in [-0.15, -0.1) is 11.3 Å². The lowest BCUT2D eigenvalue weighted by Crippen LogP contribution is -2.50. The Labute approximate surface area is 137 Å². The molecule has 0 unspecified atom stereocenters. The number of carbonyl (C=O) groups excluding carboxylic acids is 1. The van der Waals surface area contributed by atoms with Crippen LogP contribution in [0.15, 0.2) is 5.38 Å². The molecule has 5 heteroatoms. The Hall–Kier alpha value is -0.940. The number of thiazole rings is 1. The summed E-state index contributed by atoms with van der Waals surface area (Å²) in [6, 6.07) is 0. The molecule has 1 aromatic rings. The number of piperazine rings is 1. The maximum atomic E-state index is 12.6. The molecule has 122 valence electrons. The molecule has 3 rings (SSSR count). The third-order valence-electron chi connectivity index (χ3n) is 4.93. The van der Waals surface area contributed by atoms with Gasteiger partial charge in [0, 0.05) is 44.0 Å². The molecule has 0 atom stereocenters. The van der Waals surface area contributed by atoms with E-state index in [4.69, 9.17) is 0 Å². The van der Waals surface area contributed by atoms with Crippen LogP contribution in [0.1, 0.15) is 49.7 Å². The van der Waals surface area contributed by atoms with E-state index in [1.54, 1.807) is 11.3 Å². The van der Waals surface area contributed by atoms with Gasteiger partial charge < -0.3 is 4.90 Å². The van der Waals surface area contributed by atoms with Crippen LogP contribution in [0.4, 0.5) is 0 Å². The van der Waals surface area contributed by atoms with E-state index in [1.165, 1.54) is 30.0 Å². The van der Waals surface area contributed by atoms with E-state index in [0.717, 1.165) is 52.0 Å². The van der Waals surface area contributed by atoms with Crippen molar-refractivity contribution < 1.29 is 4.79 Å². The summed E-state index contributed by atoms with van der Waals surface area (Å²) in [5, 5.41) is 3.40. The number of hydrogen-bond donors (Lipinski definition) is 0. The van der Waals surface area contributed by atoms with Gasteiger partial charge in [0.2, 0.25) is 5.91 Å². The van der Waals surface area contributed by atoms with Gasteiger partial charge in [-0.1, -0.05) is 26.2 Å². The topological polar surface area (TPSA) is 36.4 Å². The molecule has 2 aliphatic rings. The minimum absolute atomic E-state index is 0.311. The molecule has 2 heterocycles. The molecule has 2 fully saturated rings. The summed E-state index contributed by atoms with van der Waals surface area (Å²) < 4.78 is 0. The van der Waals surface area contributed by atoms with Crippen LogP contribution in [0.3, 0.4) is 0 Å². The summed E-state index contributed by atoms with van der Waals surface area (Å²) in [6.07, 6.45) is 7.02. The van der Waals surface area contributed by atoms with E-state index in [9.17, 15) is 4.79 Å². The maximum Gasteiger partial charge on any atom is 0.225 e. The number of carbonyl (C=O) groups is 1. The fourth-order valence-corrected chi connectivity index (χ4v) is 4.28. The first-order valence-corrected chi connectivity index (χ1v) is 9.58. The van der Waals surface area contributed by atoms with E-state index < -0.39 is 0 Å². The number of aromatic nitrogens is 1. The monoisotopic (exact) mass is 321 g/mol. The maximum absolute atomic E-state index is 12.6. The summed E-state index contributed by atoms with van der Waals surface area (Å²) >= 11 is 1.76. The predicted molar refractivity (Wildman–Crippen MR) is 89.9 cm³/mol. The highest BCUT2D eigenvalue weighted by Crippen LogP contribution is 2.26. The quantitative estimate of drug-likeness (QED) is 0.855. The van der Waals surface area contributed by atoms with Crippen molar-refractivity contribution in [2.45, 2.75) is 52.0 Å². The number of amides is 1. The Morgan fingerprint density at radius 2 is 1.95 bits per heavy atom. The normalized spacial score (nSPS) is 21.2. The number of hydrogen-bond acceptors (Lipinski definition) is 4. The molecule has 1 saturated carbocycles. The van der Waals surface area contributed by atoms with Crippen LogP contribution < -0.4 is 0 Å². The van der Waals surface area contributed by atoms with Gasteiger partial charge in [0.05, 0.1) is 10.7 Å². The predicted octanol–water partition coefficient (Wildman–Crippen LogP) is 2.93. The average molecular weight is 321 g/mol. The van der Waals surface area contributed by atoms with Crippen molar-refractivity contribution in [1.82, 2.24) is 14.8 Å². The Morgan fingerprint density at radius 1 is 1.23 bits per heavy atom. The number of aryl methyl sites for hydroxylation is 1. The van der Waals surface area contributed by atoms with Crippen molar-refractivity contribution in [2.24, 2.45) is 5.92 Å². The van der Waals surface area contributed by atoms with Gasteiger partial charge in [0.1, 0.15) is 0 Å². The Kier molecular flexibility index (Phi) is 5.47. The molecule has 1 amide bonds. The van der Waals surface area contributed by atoms with Gasteiger partial charge in [0.15, 0.2) is 0 Å². The van der Waals surface area contributed by atoms with Gasteiger partial charge in [-0.25, -0.2) is 4.98 Å². The van der Waals surface area contributed by atoms with Crippen LogP contribution in [0.2, 0.25) is 0 Å². The van der Waals surface area contributed by atoms with E-state index in [-0.39, 0.29) is 0 Å². The third-order valence-corrected chi connectivity index (χ3v) is 5.97. The summed E-state index contributed by atoms with van der Waals surface area (Å²) in [4.78, 5) is 21.7. The van der Waals surface area contributed by atoms with Crippen LogP contribution >= 0.6 is 11.3 Å². The van der Waals surface area contributed by atoms with Crippen molar-refractivity contribution in [3.05, 3.63) is 16.1 Å². The minimum Gasteiger partial charge on any atom is -0.340 e. The Balaban J connectivity index is 1.46. The second-order valence-corrected chi connectivity index (χ2v) is 7.47. The zero-order valence-corrected chi connectivity index (χ0v) is 14.4. The number of rotatable bonds is 4. The highest BCUT2D eigenvalue weighted by Gasteiger charge is 2.28. The second kappa shape index (κ2) is 7.55. The van der Waals surface area contributed by atoms with Crippen LogP contribution in [0.25, 0.3) is 0 Å². The largest absolute Gasteiger partial charge is 0.340 e. The smallest absolute Gasteiger partial charge is 0.225 e. The molecule has 1 aliphatic carbocycles. The molecule has 1 saturated heterocycles. The lowest BCUT2D eigenvalue weighted by atomic mass is 9.88. The van der Waals surface area contributed by atoms with E-state index in [0.29, 0.717) is 11.8 Å². The first-order chi connectivity index (χ1) is 10.8. The molecule has 4 nitrogen and oxygen atoms in total. The Morgan fingerprint density at radius 3 is 2.59 bits per heavy atom. The lowest BCUT2D eigenvalue weighted by Gasteiger charge is -2.36. The summed E-state index contributed by atoms with van der Waals surface area (Å²) in [7, 11) is 0. The van der Waals surface area contributed by atoms with Crippen molar-refractivity contribution in [3.63, 3.8) is 0 Å². The SMILES string of the molecule is CCc1nc(CN2CCN(C(=O)C3CCCCC3)CC2)cs1. The van der Waals surface area contributed by atoms with Crippen LogP contribution in [0, 0.1) is 5.92 Å². The molecular weight excluding hydrogens is 294 g/mol. The first-order valence-electron chi connectivity index (χ1n) is 8.70. The van der Waals surface area contributed by atoms with E-state index in [1.807, 2.05) is 0 Å². The van der Waals surface area contributed by atoms with Gasteiger partial charge >= 0.3 is 0 Å². The van der Waals surface area contributed by atoms with Crippen molar-refractivity contribution >= 4 is 17.2 Å². The lowest BCUT2D eigenvalue weighted by molar-refractivity contribution is -0.138.